The molecule has 64 heavy (non-hydrogen) atoms. The number of rotatable bonds is 19. The maximum Gasteiger partial charge on any atom is 0.187 e. The quantitative estimate of drug-likeness (QED) is 0.0785. The highest BCUT2D eigenvalue weighted by Crippen LogP contribution is 2.42. The van der Waals surface area contributed by atoms with Gasteiger partial charge in [-0.3, -0.25) is 0 Å². The van der Waals surface area contributed by atoms with Crippen LogP contribution < -0.4 is 0 Å². The van der Waals surface area contributed by atoms with Crippen LogP contribution in [0.15, 0.2) is 182 Å². The standard InChI is InChI=1S/C54H56O10/c1-38-46(49-51(64-52(63-49)44-30-18-7-19-31-44)53(60-38)59-36-43-28-16-6-17-29-43)62-54-50(58-35-42-26-14-5-15-27-42)48(57-34-41-24-12-4-13-25-41)47(56-33-40-22-10-3-11-23-40)45(61-54)37-55-32-39-20-8-2-9-21-39/h2-31,38,45-54H,32-37H2,1H3. The Hall–Kier alpha value is -5.08. The molecule has 0 aliphatic carbocycles. The first-order valence-corrected chi connectivity index (χ1v) is 22.2. The van der Waals surface area contributed by atoms with Crippen molar-refractivity contribution in [1.82, 2.24) is 0 Å². The molecule has 0 amide bonds. The van der Waals surface area contributed by atoms with Gasteiger partial charge in [-0.15, -0.1) is 0 Å². The predicted octanol–water partition coefficient (Wildman–Crippen LogP) is 9.51. The molecule has 10 nitrogen and oxygen atoms in total. The second-order valence-electron chi connectivity index (χ2n) is 16.4. The van der Waals surface area contributed by atoms with E-state index in [-0.39, 0.29) is 13.2 Å². The molecule has 10 heteroatoms. The molecule has 0 aromatic heterocycles. The molecule has 6 aromatic carbocycles. The van der Waals surface area contributed by atoms with E-state index in [9.17, 15) is 0 Å². The molecule has 3 aliphatic heterocycles. The Bertz CT molecular complexity index is 2240. The summed E-state index contributed by atoms with van der Waals surface area (Å²) in [5.41, 5.74) is 5.96. The zero-order valence-electron chi connectivity index (χ0n) is 36.0. The minimum Gasteiger partial charge on any atom is -0.374 e. The first-order valence-electron chi connectivity index (χ1n) is 22.2. The highest BCUT2D eigenvalue weighted by Gasteiger charge is 2.56. The molecule has 9 rings (SSSR count). The number of hydrogen-bond donors (Lipinski definition) is 0. The van der Waals surface area contributed by atoms with E-state index >= 15 is 0 Å². The van der Waals surface area contributed by atoms with Gasteiger partial charge < -0.3 is 47.4 Å². The molecule has 0 saturated carbocycles. The third kappa shape index (κ3) is 11.4. The molecule has 0 spiro atoms. The summed E-state index contributed by atoms with van der Waals surface area (Å²) < 4.78 is 68.2. The lowest BCUT2D eigenvalue weighted by Gasteiger charge is -2.48. The van der Waals surface area contributed by atoms with Gasteiger partial charge in [0.1, 0.15) is 42.7 Å². The van der Waals surface area contributed by atoms with Crippen molar-refractivity contribution in [2.75, 3.05) is 6.61 Å². The van der Waals surface area contributed by atoms with Crippen LogP contribution in [0.3, 0.4) is 0 Å². The Morgan fingerprint density at radius 3 is 1.31 bits per heavy atom. The third-order valence-electron chi connectivity index (χ3n) is 11.7. The molecule has 0 radical (unpaired) electrons. The van der Waals surface area contributed by atoms with Gasteiger partial charge in [0.25, 0.3) is 0 Å². The van der Waals surface area contributed by atoms with Crippen LogP contribution in [-0.2, 0) is 80.4 Å². The topological polar surface area (TPSA) is 92.3 Å². The zero-order chi connectivity index (χ0) is 43.3. The summed E-state index contributed by atoms with van der Waals surface area (Å²) in [7, 11) is 0. The summed E-state index contributed by atoms with van der Waals surface area (Å²) >= 11 is 0. The van der Waals surface area contributed by atoms with Crippen molar-refractivity contribution in [3.05, 3.63) is 215 Å². The third-order valence-corrected chi connectivity index (χ3v) is 11.7. The van der Waals surface area contributed by atoms with E-state index in [0.717, 1.165) is 33.4 Å². The van der Waals surface area contributed by atoms with Crippen molar-refractivity contribution in [2.45, 2.75) is 108 Å². The summed E-state index contributed by atoms with van der Waals surface area (Å²) in [6.45, 7) is 3.78. The molecule has 3 heterocycles. The van der Waals surface area contributed by atoms with Gasteiger partial charge in [0.2, 0.25) is 0 Å². The Labute approximate surface area is 375 Å². The van der Waals surface area contributed by atoms with Gasteiger partial charge in [-0.25, -0.2) is 0 Å². The summed E-state index contributed by atoms with van der Waals surface area (Å²) in [6, 6.07) is 60.2. The molecular formula is C54H56O10. The molecule has 11 unspecified atom stereocenters. The molecule has 3 saturated heterocycles. The Balaban J connectivity index is 1.04. The van der Waals surface area contributed by atoms with Gasteiger partial charge in [-0.2, -0.15) is 0 Å². The zero-order valence-corrected chi connectivity index (χ0v) is 36.0. The van der Waals surface area contributed by atoms with Crippen LogP contribution in [0.4, 0.5) is 0 Å². The monoisotopic (exact) mass is 864 g/mol. The van der Waals surface area contributed by atoms with Crippen LogP contribution in [0.1, 0.15) is 46.6 Å². The largest absolute Gasteiger partial charge is 0.374 e. The lowest BCUT2D eigenvalue weighted by atomic mass is 9.96. The molecule has 0 bridgehead atoms. The van der Waals surface area contributed by atoms with Crippen LogP contribution in [0.5, 0.6) is 0 Å². The van der Waals surface area contributed by atoms with Crippen LogP contribution in [0.25, 0.3) is 0 Å². The highest BCUT2D eigenvalue weighted by atomic mass is 16.8. The van der Waals surface area contributed by atoms with Crippen molar-refractivity contribution in [3.8, 4) is 0 Å². The van der Waals surface area contributed by atoms with Crippen LogP contribution >= 0.6 is 0 Å². The number of hydrogen-bond acceptors (Lipinski definition) is 10. The minimum atomic E-state index is -0.982. The van der Waals surface area contributed by atoms with Gasteiger partial charge in [-0.05, 0) is 34.7 Å². The van der Waals surface area contributed by atoms with Crippen LogP contribution in [0, 0.1) is 0 Å². The maximum absolute atomic E-state index is 7.22. The van der Waals surface area contributed by atoms with Gasteiger partial charge in [0.15, 0.2) is 18.9 Å². The molecule has 0 N–H and O–H groups in total. The molecular weight excluding hydrogens is 809 g/mol. The van der Waals surface area contributed by atoms with E-state index in [0.29, 0.717) is 26.4 Å². The fourth-order valence-electron chi connectivity index (χ4n) is 8.44. The summed E-state index contributed by atoms with van der Waals surface area (Å²) in [6.07, 6.45) is -7.51. The van der Waals surface area contributed by atoms with Crippen molar-refractivity contribution >= 4 is 0 Å². The second kappa shape index (κ2) is 22.2. The van der Waals surface area contributed by atoms with E-state index in [2.05, 4.69) is 0 Å². The first-order chi connectivity index (χ1) is 31.6. The summed E-state index contributed by atoms with van der Waals surface area (Å²) in [4.78, 5) is 0. The minimum absolute atomic E-state index is 0.193. The summed E-state index contributed by atoms with van der Waals surface area (Å²) in [5, 5.41) is 0. The normalized spacial score (nSPS) is 27.8. The fraction of sp³-hybridized carbons (Fsp3) is 0.333. The first kappa shape index (κ1) is 44.1. The Morgan fingerprint density at radius 1 is 0.375 bits per heavy atom. The van der Waals surface area contributed by atoms with E-state index < -0.39 is 67.7 Å². The van der Waals surface area contributed by atoms with Gasteiger partial charge >= 0.3 is 0 Å². The number of benzene rings is 6. The Kier molecular flexibility index (Phi) is 15.3. The van der Waals surface area contributed by atoms with E-state index in [1.54, 1.807) is 0 Å². The number of ether oxygens (including phenoxy) is 10. The molecule has 11 atom stereocenters. The molecule has 3 aliphatic rings. The Morgan fingerprint density at radius 2 is 0.797 bits per heavy atom. The summed E-state index contributed by atoms with van der Waals surface area (Å²) in [5.74, 6) is 0. The smallest absolute Gasteiger partial charge is 0.187 e. The SMILES string of the molecule is CC1OC(OCc2ccccc2)C2OC(c3ccccc3)OC2C1OC1OC(COCc2ccccc2)C(OCc2ccccc2)C(OCc2ccccc2)C1OCc1ccccc1. The average Bonchev–Trinajstić information content (AvgIpc) is 3.81. The van der Waals surface area contributed by atoms with Crippen molar-refractivity contribution in [3.63, 3.8) is 0 Å². The number of fused-ring (bicyclic) bond motifs is 1. The predicted molar refractivity (Wildman–Crippen MR) is 239 cm³/mol. The highest BCUT2D eigenvalue weighted by molar-refractivity contribution is 5.19. The second-order valence-corrected chi connectivity index (χ2v) is 16.4. The average molecular weight is 865 g/mol. The lowest BCUT2D eigenvalue weighted by Crippen LogP contribution is -2.64. The maximum atomic E-state index is 7.22. The van der Waals surface area contributed by atoms with Crippen molar-refractivity contribution in [1.29, 1.82) is 0 Å². The lowest BCUT2D eigenvalue weighted by molar-refractivity contribution is -0.360. The van der Waals surface area contributed by atoms with Gasteiger partial charge in [-0.1, -0.05) is 182 Å². The fourth-order valence-corrected chi connectivity index (χ4v) is 8.44. The molecule has 6 aromatic rings. The van der Waals surface area contributed by atoms with Crippen molar-refractivity contribution in [2.24, 2.45) is 0 Å². The van der Waals surface area contributed by atoms with Crippen LogP contribution in [0.2, 0.25) is 0 Å². The van der Waals surface area contributed by atoms with Gasteiger partial charge in [0, 0.05) is 5.56 Å². The molecule has 332 valence electrons. The molecule has 3 fully saturated rings. The van der Waals surface area contributed by atoms with Gasteiger partial charge in [0.05, 0.1) is 45.7 Å². The van der Waals surface area contributed by atoms with Crippen LogP contribution in [-0.4, -0.2) is 68.0 Å². The van der Waals surface area contributed by atoms with Crippen molar-refractivity contribution < 1.29 is 47.4 Å². The van der Waals surface area contributed by atoms with E-state index in [1.807, 2.05) is 189 Å². The van der Waals surface area contributed by atoms with E-state index in [4.69, 9.17) is 47.4 Å². The van der Waals surface area contributed by atoms with E-state index in [1.165, 1.54) is 0 Å².